The minimum atomic E-state index is 0.0311. The van der Waals surface area contributed by atoms with Gasteiger partial charge < -0.3 is 18.9 Å². The number of nitrogens with zero attached hydrogens (tertiary/aromatic N) is 4. The Morgan fingerprint density at radius 3 is 2.84 bits per heavy atom. The highest BCUT2D eigenvalue weighted by Gasteiger charge is 2.23. The molecule has 1 aromatic carbocycles. The molecule has 162 valence electrons. The number of aryl methyl sites for hydroxylation is 1. The van der Waals surface area contributed by atoms with Crippen molar-refractivity contribution in [3.8, 4) is 17.1 Å². The number of benzene rings is 1. The highest BCUT2D eigenvalue weighted by Crippen LogP contribution is 2.20. The number of ether oxygens (including phenoxy) is 2. The molecule has 1 aliphatic heterocycles. The number of carbonyl (C=O) groups excluding carboxylic acids is 1. The molecule has 0 N–H and O–H groups in total. The van der Waals surface area contributed by atoms with E-state index >= 15 is 0 Å². The van der Waals surface area contributed by atoms with Gasteiger partial charge in [-0.2, -0.15) is 4.98 Å². The maximum Gasteiger partial charge on any atom is 0.227 e. The van der Waals surface area contributed by atoms with Gasteiger partial charge >= 0.3 is 0 Å². The zero-order valence-electron chi connectivity index (χ0n) is 17.6. The van der Waals surface area contributed by atoms with Gasteiger partial charge in [-0.3, -0.25) is 9.78 Å². The van der Waals surface area contributed by atoms with Crippen molar-refractivity contribution in [1.82, 2.24) is 20.0 Å². The lowest BCUT2D eigenvalue weighted by Gasteiger charge is -2.25. The fourth-order valence-corrected chi connectivity index (χ4v) is 3.59. The second-order valence-corrected chi connectivity index (χ2v) is 7.51. The van der Waals surface area contributed by atoms with E-state index in [2.05, 4.69) is 15.1 Å². The molecule has 1 fully saturated rings. The molecule has 0 bridgehead atoms. The van der Waals surface area contributed by atoms with Gasteiger partial charge in [0.2, 0.25) is 17.6 Å². The van der Waals surface area contributed by atoms with E-state index in [9.17, 15) is 4.79 Å². The van der Waals surface area contributed by atoms with Crippen LogP contribution in [0.25, 0.3) is 11.4 Å². The summed E-state index contributed by atoms with van der Waals surface area (Å²) in [6.07, 6.45) is 6.29. The summed E-state index contributed by atoms with van der Waals surface area (Å²) in [5.41, 5.74) is 1.83. The Morgan fingerprint density at radius 2 is 2.13 bits per heavy atom. The number of carbonyl (C=O) groups is 1. The van der Waals surface area contributed by atoms with E-state index in [1.54, 1.807) is 19.5 Å². The number of methoxy groups -OCH3 is 1. The van der Waals surface area contributed by atoms with Crippen LogP contribution in [0.15, 0.2) is 53.3 Å². The van der Waals surface area contributed by atoms with Crippen LogP contribution in [0.4, 0.5) is 0 Å². The van der Waals surface area contributed by atoms with Crippen molar-refractivity contribution < 1.29 is 18.8 Å². The summed E-state index contributed by atoms with van der Waals surface area (Å²) in [5, 5.41) is 4.04. The number of hydrogen-bond acceptors (Lipinski definition) is 7. The molecule has 0 aliphatic carbocycles. The molecule has 0 spiro atoms. The van der Waals surface area contributed by atoms with Crippen LogP contribution >= 0.6 is 0 Å². The average Bonchev–Trinajstić information content (AvgIpc) is 3.50. The van der Waals surface area contributed by atoms with Crippen molar-refractivity contribution in [2.24, 2.45) is 0 Å². The molecule has 3 aromatic rings. The van der Waals surface area contributed by atoms with Gasteiger partial charge in [-0.25, -0.2) is 0 Å². The summed E-state index contributed by atoms with van der Waals surface area (Å²) in [7, 11) is 1.62. The molecule has 31 heavy (non-hydrogen) atoms. The lowest BCUT2D eigenvalue weighted by molar-refractivity contribution is -0.133. The molecule has 1 aliphatic rings. The number of rotatable bonds is 9. The highest BCUT2D eigenvalue weighted by molar-refractivity contribution is 5.76. The average molecular weight is 422 g/mol. The molecule has 1 atom stereocenters. The van der Waals surface area contributed by atoms with Crippen LogP contribution in [0.2, 0.25) is 0 Å². The number of hydrogen-bond donors (Lipinski definition) is 0. The normalized spacial score (nSPS) is 15.7. The standard InChI is InChI=1S/C23H26N4O4/c1-29-19-8-6-18(7-9-19)23-25-21(31-26-23)10-11-22(28)27(16-20-5-3-13-30-20)15-17-4-2-12-24-14-17/h2,4,6-9,12,14,20H,3,5,10-11,13,15-16H2,1H3. The zero-order valence-corrected chi connectivity index (χ0v) is 17.6. The first kappa shape index (κ1) is 21.0. The topological polar surface area (TPSA) is 90.6 Å². The van der Waals surface area contributed by atoms with Gasteiger partial charge in [-0.15, -0.1) is 0 Å². The van der Waals surface area contributed by atoms with E-state index in [1.165, 1.54) is 0 Å². The monoisotopic (exact) mass is 422 g/mol. The summed E-state index contributed by atoms with van der Waals surface area (Å²) in [6, 6.07) is 11.3. The summed E-state index contributed by atoms with van der Waals surface area (Å²) in [6.45, 7) is 1.85. The van der Waals surface area contributed by atoms with Crippen LogP contribution in [0.5, 0.6) is 5.75 Å². The van der Waals surface area contributed by atoms with Crippen molar-refractivity contribution in [2.75, 3.05) is 20.3 Å². The van der Waals surface area contributed by atoms with E-state index in [0.717, 1.165) is 36.3 Å². The van der Waals surface area contributed by atoms with Crippen molar-refractivity contribution in [3.63, 3.8) is 0 Å². The fourth-order valence-electron chi connectivity index (χ4n) is 3.59. The fraction of sp³-hybridized carbons (Fsp3) is 0.391. The summed E-state index contributed by atoms with van der Waals surface area (Å²) in [4.78, 5) is 23.4. The molecule has 8 heteroatoms. The Labute approximate surface area is 181 Å². The van der Waals surface area contributed by atoms with Crippen molar-refractivity contribution in [3.05, 3.63) is 60.2 Å². The van der Waals surface area contributed by atoms with E-state index in [0.29, 0.717) is 31.2 Å². The number of aromatic nitrogens is 3. The molecular formula is C23H26N4O4. The molecule has 3 heterocycles. The molecule has 1 unspecified atom stereocenters. The third-order valence-corrected chi connectivity index (χ3v) is 5.27. The molecule has 2 aromatic heterocycles. The van der Waals surface area contributed by atoms with Gasteiger partial charge in [-0.1, -0.05) is 11.2 Å². The number of amides is 1. The Kier molecular flexibility index (Phi) is 6.89. The maximum absolute atomic E-state index is 13.0. The minimum Gasteiger partial charge on any atom is -0.497 e. The first-order chi connectivity index (χ1) is 15.2. The Balaban J connectivity index is 1.38. The maximum atomic E-state index is 13.0. The lowest BCUT2D eigenvalue weighted by Crippen LogP contribution is -2.37. The van der Waals surface area contributed by atoms with Crippen LogP contribution in [-0.2, 0) is 22.5 Å². The van der Waals surface area contributed by atoms with E-state index in [-0.39, 0.29) is 18.4 Å². The molecule has 1 saturated heterocycles. The van der Waals surface area contributed by atoms with Gasteiger partial charge in [-0.05, 0) is 48.7 Å². The molecule has 4 rings (SSSR count). The van der Waals surface area contributed by atoms with Crippen LogP contribution < -0.4 is 4.74 Å². The lowest BCUT2D eigenvalue weighted by atomic mass is 10.2. The highest BCUT2D eigenvalue weighted by atomic mass is 16.5. The Morgan fingerprint density at radius 1 is 1.26 bits per heavy atom. The largest absolute Gasteiger partial charge is 0.497 e. The van der Waals surface area contributed by atoms with Crippen LogP contribution in [0.3, 0.4) is 0 Å². The zero-order chi connectivity index (χ0) is 21.5. The van der Waals surface area contributed by atoms with Crippen molar-refractivity contribution in [2.45, 2.75) is 38.3 Å². The van der Waals surface area contributed by atoms with Crippen molar-refractivity contribution in [1.29, 1.82) is 0 Å². The first-order valence-corrected chi connectivity index (χ1v) is 10.5. The van der Waals surface area contributed by atoms with Gasteiger partial charge in [0, 0.05) is 50.5 Å². The summed E-state index contributed by atoms with van der Waals surface area (Å²) >= 11 is 0. The predicted octanol–water partition coefficient (Wildman–Crippen LogP) is 3.28. The van der Waals surface area contributed by atoms with Crippen molar-refractivity contribution >= 4 is 5.91 Å². The van der Waals surface area contributed by atoms with E-state index in [4.69, 9.17) is 14.0 Å². The Hall–Kier alpha value is -3.26. The van der Waals surface area contributed by atoms with Crippen LogP contribution in [0.1, 0.15) is 30.7 Å². The molecular weight excluding hydrogens is 396 g/mol. The predicted molar refractivity (Wildman–Crippen MR) is 113 cm³/mol. The molecule has 8 nitrogen and oxygen atoms in total. The second-order valence-electron chi connectivity index (χ2n) is 7.51. The SMILES string of the molecule is COc1ccc(-c2noc(CCC(=O)N(Cc3cccnc3)CC3CCCO3)n2)cc1. The smallest absolute Gasteiger partial charge is 0.227 e. The summed E-state index contributed by atoms with van der Waals surface area (Å²) < 4.78 is 16.3. The molecule has 0 radical (unpaired) electrons. The minimum absolute atomic E-state index is 0.0311. The van der Waals surface area contributed by atoms with Crippen LogP contribution in [-0.4, -0.2) is 52.3 Å². The van der Waals surface area contributed by atoms with Gasteiger partial charge in [0.05, 0.1) is 13.2 Å². The number of pyridine rings is 1. The summed E-state index contributed by atoms with van der Waals surface area (Å²) in [5.74, 6) is 1.73. The quantitative estimate of drug-likeness (QED) is 0.523. The van der Waals surface area contributed by atoms with Crippen LogP contribution in [0, 0.1) is 0 Å². The molecule has 0 saturated carbocycles. The Bertz CT molecular complexity index is 969. The van der Waals surface area contributed by atoms with Gasteiger partial charge in [0.15, 0.2) is 0 Å². The van der Waals surface area contributed by atoms with Gasteiger partial charge in [0.1, 0.15) is 5.75 Å². The van der Waals surface area contributed by atoms with Gasteiger partial charge in [0.25, 0.3) is 0 Å². The first-order valence-electron chi connectivity index (χ1n) is 10.5. The van der Waals surface area contributed by atoms with E-state index in [1.807, 2.05) is 41.3 Å². The second kappa shape index (κ2) is 10.2. The van der Waals surface area contributed by atoms with E-state index < -0.39 is 0 Å². The third-order valence-electron chi connectivity index (χ3n) is 5.27. The molecule has 1 amide bonds. The third kappa shape index (κ3) is 5.67.